The highest BCUT2D eigenvalue weighted by Gasteiger charge is 2.47. The van der Waals surface area contributed by atoms with Crippen molar-refractivity contribution in [1.29, 1.82) is 0 Å². The standard InChI is InChI=1S/C23H17N3O6/c1-32-17-11-7-15(8-12-17)21(27)19-20(14-5-9-16(10-6-14)26(30)31)25(23(29)22(19)28)18-4-2-3-13-24-18/h2-13,20,27H,1H3/b21-19+/t20-/m1/s1. The van der Waals surface area contributed by atoms with Crippen LogP contribution in [0, 0.1) is 10.1 Å². The Labute approximate surface area is 182 Å². The van der Waals surface area contributed by atoms with Gasteiger partial charge in [0.05, 0.1) is 23.6 Å². The molecule has 0 spiro atoms. The summed E-state index contributed by atoms with van der Waals surface area (Å²) >= 11 is 0. The normalized spacial score (nSPS) is 17.4. The number of hydrogen-bond acceptors (Lipinski definition) is 7. The number of Topliss-reactive ketones (excluding diaryl/α,β-unsaturated/α-hetero) is 1. The number of nitro benzene ring substituents is 1. The van der Waals surface area contributed by atoms with E-state index in [9.17, 15) is 24.8 Å². The highest BCUT2D eigenvalue weighted by molar-refractivity contribution is 6.51. The van der Waals surface area contributed by atoms with Crippen molar-refractivity contribution in [2.75, 3.05) is 12.0 Å². The molecule has 1 saturated heterocycles. The van der Waals surface area contributed by atoms with Gasteiger partial charge in [0.15, 0.2) is 0 Å². The molecule has 1 fully saturated rings. The van der Waals surface area contributed by atoms with E-state index < -0.39 is 22.7 Å². The highest BCUT2D eigenvalue weighted by Crippen LogP contribution is 2.41. The van der Waals surface area contributed by atoms with Crippen LogP contribution in [0.2, 0.25) is 0 Å². The molecule has 0 radical (unpaired) electrons. The lowest BCUT2D eigenvalue weighted by atomic mass is 9.95. The van der Waals surface area contributed by atoms with E-state index in [1.54, 1.807) is 42.5 Å². The second kappa shape index (κ2) is 8.31. The minimum absolute atomic E-state index is 0.139. The molecule has 2 aromatic carbocycles. The van der Waals surface area contributed by atoms with Gasteiger partial charge in [-0.3, -0.25) is 24.6 Å². The van der Waals surface area contributed by atoms with Crippen LogP contribution in [0.3, 0.4) is 0 Å². The van der Waals surface area contributed by atoms with Gasteiger partial charge in [-0.05, 0) is 54.1 Å². The number of ether oxygens (including phenoxy) is 1. The average molecular weight is 431 g/mol. The van der Waals surface area contributed by atoms with Crippen LogP contribution < -0.4 is 9.64 Å². The summed E-state index contributed by atoms with van der Waals surface area (Å²) in [5, 5.41) is 22.1. The van der Waals surface area contributed by atoms with Gasteiger partial charge in [-0.1, -0.05) is 6.07 Å². The van der Waals surface area contributed by atoms with E-state index in [2.05, 4.69) is 4.98 Å². The van der Waals surface area contributed by atoms with Crippen LogP contribution in [0.1, 0.15) is 17.2 Å². The number of aliphatic hydroxyl groups is 1. The van der Waals surface area contributed by atoms with Crippen molar-refractivity contribution in [1.82, 2.24) is 4.98 Å². The van der Waals surface area contributed by atoms with Crippen LogP contribution in [0.5, 0.6) is 5.75 Å². The van der Waals surface area contributed by atoms with Crippen molar-refractivity contribution >= 4 is 29.0 Å². The number of carbonyl (C=O) groups excluding carboxylic acids is 2. The molecule has 32 heavy (non-hydrogen) atoms. The molecule has 160 valence electrons. The predicted octanol–water partition coefficient (Wildman–Crippen LogP) is 3.62. The molecular formula is C23H17N3O6. The molecule has 0 aliphatic carbocycles. The lowest BCUT2D eigenvalue weighted by molar-refractivity contribution is -0.384. The molecule has 1 amide bonds. The number of pyridine rings is 1. The van der Waals surface area contributed by atoms with Crippen molar-refractivity contribution in [2.45, 2.75) is 6.04 Å². The summed E-state index contributed by atoms with van der Waals surface area (Å²) in [6.07, 6.45) is 1.48. The first-order valence-corrected chi connectivity index (χ1v) is 9.53. The van der Waals surface area contributed by atoms with Crippen molar-refractivity contribution in [3.8, 4) is 5.75 Å². The van der Waals surface area contributed by atoms with Gasteiger partial charge in [-0.2, -0.15) is 0 Å². The van der Waals surface area contributed by atoms with Crippen LogP contribution in [0.15, 0.2) is 78.5 Å². The Hall–Kier alpha value is -4.53. The zero-order chi connectivity index (χ0) is 22.8. The largest absolute Gasteiger partial charge is 0.507 e. The summed E-state index contributed by atoms with van der Waals surface area (Å²) < 4.78 is 5.12. The third-order valence-electron chi connectivity index (χ3n) is 5.12. The Kier molecular flexibility index (Phi) is 5.38. The zero-order valence-electron chi connectivity index (χ0n) is 16.8. The molecule has 1 atom stereocenters. The monoisotopic (exact) mass is 431 g/mol. The van der Waals surface area contributed by atoms with Gasteiger partial charge in [0.2, 0.25) is 0 Å². The highest BCUT2D eigenvalue weighted by atomic mass is 16.6. The van der Waals surface area contributed by atoms with Gasteiger partial charge in [-0.25, -0.2) is 4.98 Å². The molecule has 2 heterocycles. The number of nitrogens with zero attached hydrogens (tertiary/aromatic N) is 3. The summed E-state index contributed by atoms with van der Waals surface area (Å²) in [6, 6.07) is 15.7. The minimum Gasteiger partial charge on any atom is -0.507 e. The number of amides is 1. The first kappa shape index (κ1) is 20.7. The second-order valence-electron chi connectivity index (χ2n) is 6.93. The SMILES string of the molecule is COc1ccc(/C(O)=C2\C(=O)C(=O)N(c3ccccn3)[C@@H]2c2ccc([N+](=O)[O-])cc2)cc1. The third-order valence-corrected chi connectivity index (χ3v) is 5.12. The van der Waals surface area contributed by atoms with Gasteiger partial charge in [0.1, 0.15) is 17.3 Å². The van der Waals surface area contributed by atoms with Crippen LogP contribution in [0.25, 0.3) is 5.76 Å². The lowest BCUT2D eigenvalue weighted by Gasteiger charge is -2.24. The fourth-order valence-corrected chi connectivity index (χ4v) is 3.56. The lowest BCUT2D eigenvalue weighted by Crippen LogP contribution is -2.30. The molecular weight excluding hydrogens is 414 g/mol. The molecule has 9 nitrogen and oxygen atoms in total. The molecule has 0 bridgehead atoms. The second-order valence-corrected chi connectivity index (χ2v) is 6.93. The average Bonchev–Trinajstić information content (AvgIpc) is 3.09. The molecule has 4 rings (SSSR count). The van der Waals surface area contributed by atoms with Gasteiger partial charge in [0, 0.05) is 23.9 Å². The summed E-state index contributed by atoms with van der Waals surface area (Å²) in [6.45, 7) is 0. The Bertz CT molecular complexity index is 1220. The summed E-state index contributed by atoms with van der Waals surface area (Å²) in [5.74, 6) is -1.34. The van der Waals surface area contributed by atoms with Gasteiger partial charge in [-0.15, -0.1) is 0 Å². The van der Waals surface area contributed by atoms with E-state index in [-0.39, 0.29) is 22.8 Å². The molecule has 3 aromatic rings. The minimum atomic E-state index is -1.02. The maximum Gasteiger partial charge on any atom is 0.301 e. The van der Waals surface area contributed by atoms with Crippen LogP contribution in [-0.4, -0.2) is 33.8 Å². The number of carbonyl (C=O) groups is 2. The number of ketones is 1. The van der Waals surface area contributed by atoms with Gasteiger partial charge in [0.25, 0.3) is 11.5 Å². The van der Waals surface area contributed by atoms with Gasteiger partial charge >= 0.3 is 5.91 Å². The van der Waals surface area contributed by atoms with E-state index in [0.717, 1.165) is 0 Å². The molecule has 1 aliphatic rings. The predicted molar refractivity (Wildman–Crippen MR) is 115 cm³/mol. The maximum absolute atomic E-state index is 13.0. The van der Waals surface area contributed by atoms with Crippen LogP contribution >= 0.6 is 0 Å². The molecule has 9 heteroatoms. The van der Waals surface area contributed by atoms with Crippen molar-refractivity contribution in [3.05, 3.63) is 99.7 Å². The number of nitro groups is 1. The zero-order valence-corrected chi connectivity index (χ0v) is 16.8. The van der Waals surface area contributed by atoms with E-state index in [0.29, 0.717) is 16.9 Å². The summed E-state index contributed by atoms with van der Waals surface area (Å²) in [7, 11) is 1.50. The van der Waals surface area contributed by atoms with Crippen molar-refractivity contribution in [3.63, 3.8) is 0 Å². The maximum atomic E-state index is 13.0. The Morgan fingerprint density at radius 3 is 2.31 bits per heavy atom. The Morgan fingerprint density at radius 2 is 1.75 bits per heavy atom. The van der Waals surface area contributed by atoms with E-state index in [1.165, 1.54) is 42.5 Å². The molecule has 1 aromatic heterocycles. The van der Waals surface area contributed by atoms with E-state index in [1.807, 2.05) is 0 Å². The fourth-order valence-electron chi connectivity index (χ4n) is 3.56. The molecule has 0 unspecified atom stereocenters. The van der Waals surface area contributed by atoms with Gasteiger partial charge < -0.3 is 9.84 Å². The van der Waals surface area contributed by atoms with E-state index >= 15 is 0 Å². The molecule has 1 N–H and O–H groups in total. The summed E-state index contributed by atoms with van der Waals surface area (Å²) in [4.78, 5) is 41.9. The van der Waals surface area contributed by atoms with Crippen LogP contribution in [-0.2, 0) is 9.59 Å². The molecule has 1 aliphatic heterocycles. The number of non-ortho nitro benzene ring substituents is 1. The third kappa shape index (κ3) is 3.56. The Morgan fingerprint density at radius 1 is 1.06 bits per heavy atom. The number of methoxy groups -OCH3 is 1. The molecule has 0 saturated carbocycles. The topological polar surface area (TPSA) is 123 Å². The number of anilines is 1. The number of aromatic nitrogens is 1. The quantitative estimate of drug-likeness (QED) is 0.215. The first-order valence-electron chi connectivity index (χ1n) is 9.53. The van der Waals surface area contributed by atoms with Crippen molar-refractivity contribution < 1.29 is 24.4 Å². The summed E-state index contributed by atoms with van der Waals surface area (Å²) in [5.41, 5.74) is 0.450. The Balaban J connectivity index is 1.90. The number of aliphatic hydroxyl groups excluding tert-OH is 1. The smallest absolute Gasteiger partial charge is 0.301 e. The van der Waals surface area contributed by atoms with Crippen molar-refractivity contribution in [2.24, 2.45) is 0 Å². The number of benzene rings is 2. The fraction of sp³-hybridized carbons (Fsp3) is 0.0870. The number of rotatable bonds is 5. The first-order chi connectivity index (χ1) is 15.4. The van der Waals surface area contributed by atoms with Crippen LogP contribution in [0.4, 0.5) is 11.5 Å². The number of hydrogen-bond donors (Lipinski definition) is 1. The van der Waals surface area contributed by atoms with E-state index in [4.69, 9.17) is 4.74 Å².